The maximum Gasteiger partial charge on any atom is 0.177 e. The summed E-state index contributed by atoms with van der Waals surface area (Å²) < 4.78 is 30.1. The van der Waals surface area contributed by atoms with Gasteiger partial charge in [0.25, 0.3) is 0 Å². The maximum absolute atomic E-state index is 12.5. The zero-order valence-corrected chi connectivity index (χ0v) is 13.9. The number of carbonyl (C=O) groups is 1. The lowest BCUT2D eigenvalue weighted by atomic mass is 10.0. The van der Waals surface area contributed by atoms with Crippen molar-refractivity contribution in [3.8, 4) is 5.75 Å². The first kappa shape index (κ1) is 17.0. The van der Waals surface area contributed by atoms with Crippen molar-refractivity contribution in [3.63, 3.8) is 0 Å². The van der Waals surface area contributed by atoms with E-state index in [1.807, 2.05) is 0 Å². The highest BCUT2D eigenvalue weighted by Gasteiger charge is 2.28. The molecule has 0 spiro atoms. The van der Waals surface area contributed by atoms with Crippen molar-refractivity contribution < 1.29 is 17.9 Å². The Hall–Kier alpha value is -1.36. The maximum atomic E-state index is 12.5. The summed E-state index contributed by atoms with van der Waals surface area (Å²) in [4.78, 5) is 12.2. The number of benzene rings is 1. The highest BCUT2D eigenvalue weighted by molar-refractivity contribution is 7.92. The van der Waals surface area contributed by atoms with Crippen molar-refractivity contribution in [2.24, 2.45) is 0 Å². The summed E-state index contributed by atoms with van der Waals surface area (Å²) in [6.07, 6.45) is 6.66. The second-order valence-corrected chi connectivity index (χ2v) is 8.21. The summed E-state index contributed by atoms with van der Waals surface area (Å²) in [5, 5.41) is -0.352. The molecular formula is C17H24O4S. The molecule has 0 N–H and O–H groups in total. The van der Waals surface area contributed by atoms with Gasteiger partial charge in [0.05, 0.1) is 12.4 Å². The molecule has 5 heteroatoms. The van der Waals surface area contributed by atoms with E-state index in [4.69, 9.17) is 4.74 Å². The Labute approximate surface area is 132 Å². The van der Waals surface area contributed by atoms with Gasteiger partial charge < -0.3 is 4.74 Å². The molecule has 1 fully saturated rings. The zero-order chi connectivity index (χ0) is 16.0. The van der Waals surface area contributed by atoms with Crippen LogP contribution in [0.1, 0.15) is 55.3 Å². The quantitative estimate of drug-likeness (QED) is 0.779. The molecule has 0 bridgehead atoms. The molecule has 2 rings (SSSR count). The van der Waals surface area contributed by atoms with E-state index in [2.05, 4.69) is 0 Å². The number of sulfone groups is 1. The van der Waals surface area contributed by atoms with Crippen LogP contribution in [-0.4, -0.2) is 32.3 Å². The predicted molar refractivity (Wildman–Crippen MR) is 87.2 cm³/mol. The minimum absolute atomic E-state index is 0.329. The summed E-state index contributed by atoms with van der Waals surface area (Å²) in [5.41, 5.74) is 0.426. The van der Waals surface area contributed by atoms with Crippen LogP contribution in [0.15, 0.2) is 24.3 Å². The van der Waals surface area contributed by atoms with Gasteiger partial charge in [0, 0.05) is 5.56 Å². The highest BCUT2D eigenvalue weighted by atomic mass is 32.2. The van der Waals surface area contributed by atoms with E-state index in [1.54, 1.807) is 31.4 Å². The van der Waals surface area contributed by atoms with E-state index in [0.717, 1.165) is 25.7 Å². The molecule has 0 radical (unpaired) electrons. The van der Waals surface area contributed by atoms with E-state index in [1.165, 1.54) is 6.42 Å². The van der Waals surface area contributed by atoms with Crippen molar-refractivity contribution in [2.45, 2.75) is 50.2 Å². The number of hydrogen-bond acceptors (Lipinski definition) is 4. The van der Waals surface area contributed by atoms with Gasteiger partial charge in [-0.2, -0.15) is 0 Å². The largest absolute Gasteiger partial charge is 0.497 e. The van der Waals surface area contributed by atoms with Crippen LogP contribution in [0.3, 0.4) is 0 Å². The second-order valence-electron chi connectivity index (χ2n) is 5.93. The van der Waals surface area contributed by atoms with Crippen LogP contribution in [0, 0.1) is 0 Å². The molecule has 0 amide bonds. The van der Waals surface area contributed by atoms with Gasteiger partial charge in [-0.15, -0.1) is 0 Å². The Morgan fingerprint density at radius 1 is 1.05 bits per heavy atom. The molecule has 0 saturated heterocycles. The molecule has 0 aliphatic heterocycles. The minimum Gasteiger partial charge on any atom is -0.497 e. The SMILES string of the molecule is COc1ccc(C(=O)CS(=O)(=O)C2CCCCCCC2)cc1. The smallest absolute Gasteiger partial charge is 0.177 e. The van der Waals surface area contributed by atoms with Crippen molar-refractivity contribution >= 4 is 15.6 Å². The molecule has 1 aliphatic rings. The predicted octanol–water partition coefficient (Wildman–Crippen LogP) is 3.41. The third kappa shape index (κ3) is 4.57. The van der Waals surface area contributed by atoms with Crippen molar-refractivity contribution in [2.75, 3.05) is 12.9 Å². The Kier molecular flexibility index (Phi) is 6.00. The van der Waals surface area contributed by atoms with E-state index in [-0.39, 0.29) is 16.8 Å². The summed E-state index contributed by atoms with van der Waals surface area (Å²) in [6.45, 7) is 0. The minimum atomic E-state index is -3.37. The van der Waals surface area contributed by atoms with Crippen LogP contribution >= 0.6 is 0 Å². The molecule has 0 unspecified atom stereocenters. The lowest BCUT2D eigenvalue weighted by Gasteiger charge is -2.19. The molecule has 122 valence electrons. The van der Waals surface area contributed by atoms with Crippen LogP contribution in [0.25, 0.3) is 0 Å². The van der Waals surface area contributed by atoms with E-state index >= 15 is 0 Å². The van der Waals surface area contributed by atoms with Crippen LogP contribution < -0.4 is 4.74 Å². The van der Waals surface area contributed by atoms with Crippen LogP contribution in [0.4, 0.5) is 0 Å². The molecule has 1 aliphatic carbocycles. The number of ether oxygens (including phenoxy) is 1. The topological polar surface area (TPSA) is 60.4 Å². The normalized spacial score (nSPS) is 17.5. The Morgan fingerprint density at radius 2 is 1.59 bits per heavy atom. The summed E-state index contributed by atoms with van der Waals surface area (Å²) >= 11 is 0. The monoisotopic (exact) mass is 324 g/mol. The molecular weight excluding hydrogens is 300 g/mol. The summed E-state index contributed by atoms with van der Waals surface area (Å²) in [7, 11) is -1.82. The Bertz CT molecular complexity index is 582. The van der Waals surface area contributed by atoms with Gasteiger partial charge in [-0.05, 0) is 37.1 Å². The first-order chi connectivity index (χ1) is 10.5. The third-order valence-electron chi connectivity index (χ3n) is 4.30. The van der Waals surface area contributed by atoms with Gasteiger partial charge in [0.2, 0.25) is 0 Å². The molecule has 0 atom stereocenters. The van der Waals surface area contributed by atoms with Crippen LogP contribution in [0.5, 0.6) is 5.75 Å². The highest BCUT2D eigenvalue weighted by Crippen LogP contribution is 2.23. The van der Waals surface area contributed by atoms with Crippen LogP contribution in [0.2, 0.25) is 0 Å². The van der Waals surface area contributed by atoms with E-state index < -0.39 is 9.84 Å². The molecule has 1 saturated carbocycles. The summed E-state index contributed by atoms with van der Waals surface area (Å²) in [6, 6.07) is 6.59. The van der Waals surface area contributed by atoms with Crippen LogP contribution in [-0.2, 0) is 9.84 Å². The molecule has 0 heterocycles. The molecule has 22 heavy (non-hydrogen) atoms. The lowest BCUT2D eigenvalue weighted by molar-refractivity contribution is 0.102. The zero-order valence-electron chi connectivity index (χ0n) is 13.1. The fourth-order valence-electron chi connectivity index (χ4n) is 2.94. The fourth-order valence-corrected chi connectivity index (χ4v) is 4.76. The Balaban J connectivity index is 2.04. The van der Waals surface area contributed by atoms with Gasteiger partial charge in [0.1, 0.15) is 11.5 Å². The van der Waals surface area contributed by atoms with Crippen molar-refractivity contribution in [3.05, 3.63) is 29.8 Å². The van der Waals surface area contributed by atoms with Crippen molar-refractivity contribution in [1.82, 2.24) is 0 Å². The second kappa shape index (κ2) is 7.77. The first-order valence-corrected chi connectivity index (χ1v) is 9.63. The number of Topliss-reactive ketones (excluding diaryl/α,β-unsaturated/α-hetero) is 1. The number of carbonyl (C=O) groups excluding carboxylic acids is 1. The average Bonchev–Trinajstić information content (AvgIpc) is 2.46. The summed E-state index contributed by atoms with van der Waals surface area (Å²) in [5.74, 6) is -0.0616. The average molecular weight is 324 g/mol. The van der Waals surface area contributed by atoms with Gasteiger partial charge in [-0.25, -0.2) is 8.42 Å². The number of ketones is 1. The number of methoxy groups -OCH3 is 1. The number of hydrogen-bond donors (Lipinski definition) is 0. The fraction of sp³-hybridized carbons (Fsp3) is 0.588. The first-order valence-electron chi connectivity index (χ1n) is 7.92. The third-order valence-corrected chi connectivity index (χ3v) is 6.46. The lowest BCUT2D eigenvalue weighted by Crippen LogP contribution is -2.28. The van der Waals surface area contributed by atoms with Gasteiger partial charge in [0.15, 0.2) is 15.6 Å². The van der Waals surface area contributed by atoms with Gasteiger partial charge in [-0.1, -0.05) is 32.1 Å². The Morgan fingerprint density at radius 3 is 2.14 bits per heavy atom. The molecule has 1 aromatic carbocycles. The van der Waals surface area contributed by atoms with E-state index in [9.17, 15) is 13.2 Å². The van der Waals surface area contributed by atoms with Gasteiger partial charge in [-0.3, -0.25) is 4.79 Å². The standard InChI is InChI=1S/C17H24O4S/c1-21-15-11-9-14(10-12-15)17(18)13-22(19,20)16-7-5-3-2-4-6-8-16/h9-12,16H,2-8,13H2,1H3. The van der Waals surface area contributed by atoms with E-state index in [0.29, 0.717) is 24.2 Å². The van der Waals surface area contributed by atoms with Gasteiger partial charge >= 0.3 is 0 Å². The molecule has 1 aromatic rings. The molecule has 4 nitrogen and oxygen atoms in total. The number of rotatable bonds is 5. The molecule has 0 aromatic heterocycles. The van der Waals surface area contributed by atoms with Crippen molar-refractivity contribution in [1.29, 1.82) is 0 Å².